The molecule has 1 atom stereocenters. The van der Waals surface area contributed by atoms with Gasteiger partial charge in [-0.15, -0.1) is 0 Å². The summed E-state index contributed by atoms with van der Waals surface area (Å²) in [6.45, 7) is 3.51. The number of rotatable bonds is 2. The molecule has 0 spiro atoms. The van der Waals surface area contributed by atoms with Crippen molar-refractivity contribution in [2.45, 2.75) is 19.8 Å². The molecule has 0 bridgehead atoms. The van der Waals surface area contributed by atoms with E-state index in [9.17, 15) is 4.79 Å². The van der Waals surface area contributed by atoms with Crippen LogP contribution in [-0.4, -0.2) is 11.1 Å². The minimum atomic E-state index is -0.831. The summed E-state index contributed by atoms with van der Waals surface area (Å²) in [6, 6.07) is 3.52. The van der Waals surface area contributed by atoms with Gasteiger partial charge in [-0.1, -0.05) is 11.6 Å². The van der Waals surface area contributed by atoms with Crippen molar-refractivity contribution in [3.8, 4) is 0 Å². The molecule has 0 fully saturated rings. The van der Waals surface area contributed by atoms with Crippen LogP contribution in [0.4, 0.5) is 0 Å². The summed E-state index contributed by atoms with van der Waals surface area (Å²) in [5, 5.41) is 9.47. The first-order chi connectivity index (χ1) is 6.43. The zero-order valence-electron chi connectivity index (χ0n) is 7.84. The zero-order chi connectivity index (χ0) is 10.9. The molecule has 0 aliphatic heterocycles. The van der Waals surface area contributed by atoms with Crippen molar-refractivity contribution < 1.29 is 9.90 Å². The van der Waals surface area contributed by atoms with E-state index < -0.39 is 11.9 Å². The lowest BCUT2D eigenvalue weighted by atomic mass is 9.97. The van der Waals surface area contributed by atoms with E-state index in [2.05, 4.69) is 15.9 Å². The van der Waals surface area contributed by atoms with Crippen LogP contribution in [0.2, 0.25) is 5.02 Å². The quantitative estimate of drug-likeness (QED) is 0.897. The molecule has 0 saturated heterocycles. The molecule has 1 aromatic carbocycles. The standard InChI is InChI=1S/C10H10BrClO2/c1-5-3-9(12)8(11)4-7(5)6(2)10(13)14/h3-4,6H,1-2H3,(H,13,14). The fraction of sp³-hybridized carbons (Fsp3) is 0.300. The van der Waals surface area contributed by atoms with Crippen LogP contribution in [0.25, 0.3) is 0 Å². The van der Waals surface area contributed by atoms with Crippen LogP contribution in [0.3, 0.4) is 0 Å². The molecule has 0 aliphatic carbocycles. The maximum atomic E-state index is 10.8. The Kier molecular flexibility index (Phi) is 3.56. The Morgan fingerprint density at radius 3 is 2.64 bits per heavy atom. The van der Waals surface area contributed by atoms with Crippen LogP contribution in [0.15, 0.2) is 16.6 Å². The number of benzene rings is 1. The van der Waals surface area contributed by atoms with Gasteiger partial charge >= 0.3 is 5.97 Å². The molecule has 1 rings (SSSR count). The third-order valence-electron chi connectivity index (χ3n) is 2.15. The average molecular weight is 278 g/mol. The van der Waals surface area contributed by atoms with Gasteiger partial charge in [0.05, 0.1) is 10.9 Å². The second-order valence-corrected chi connectivity index (χ2v) is 4.44. The normalized spacial score (nSPS) is 12.6. The molecule has 0 heterocycles. The molecule has 1 aromatic rings. The van der Waals surface area contributed by atoms with E-state index in [1.54, 1.807) is 19.1 Å². The number of halogens is 2. The van der Waals surface area contributed by atoms with E-state index in [4.69, 9.17) is 16.7 Å². The molecule has 0 radical (unpaired) electrons. The first-order valence-electron chi connectivity index (χ1n) is 4.12. The van der Waals surface area contributed by atoms with Crippen LogP contribution in [0.1, 0.15) is 24.0 Å². The second kappa shape index (κ2) is 4.32. The van der Waals surface area contributed by atoms with Gasteiger partial charge in [0, 0.05) is 4.47 Å². The van der Waals surface area contributed by atoms with E-state index in [1.165, 1.54) is 0 Å². The molecular formula is C10H10BrClO2. The largest absolute Gasteiger partial charge is 0.481 e. The van der Waals surface area contributed by atoms with Crippen LogP contribution in [-0.2, 0) is 4.79 Å². The van der Waals surface area contributed by atoms with Gasteiger partial charge in [-0.2, -0.15) is 0 Å². The molecule has 4 heteroatoms. The monoisotopic (exact) mass is 276 g/mol. The van der Waals surface area contributed by atoms with Crippen molar-refractivity contribution in [2.24, 2.45) is 0 Å². The lowest BCUT2D eigenvalue weighted by Gasteiger charge is -2.11. The summed E-state index contributed by atoms with van der Waals surface area (Å²) >= 11 is 9.15. The van der Waals surface area contributed by atoms with Crippen molar-refractivity contribution in [2.75, 3.05) is 0 Å². The van der Waals surface area contributed by atoms with Gasteiger partial charge in [0.15, 0.2) is 0 Å². The summed E-state index contributed by atoms with van der Waals surface area (Å²) in [4.78, 5) is 10.8. The molecule has 2 nitrogen and oxygen atoms in total. The van der Waals surface area contributed by atoms with Crippen LogP contribution in [0, 0.1) is 6.92 Å². The van der Waals surface area contributed by atoms with E-state index in [0.717, 1.165) is 15.6 Å². The summed E-state index contributed by atoms with van der Waals surface area (Å²) in [5.41, 5.74) is 1.68. The number of aliphatic carboxylic acids is 1. The fourth-order valence-corrected chi connectivity index (χ4v) is 1.84. The Hall–Kier alpha value is -0.540. The number of aryl methyl sites for hydroxylation is 1. The molecule has 0 amide bonds. The summed E-state index contributed by atoms with van der Waals surface area (Å²) in [5.74, 6) is -1.34. The highest BCUT2D eigenvalue weighted by Crippen LogP contribution is 2.30. The number of carboxylic acids is 1. The second-order valence-electron chi connectivity index (χ2n) is 3.18. The first-order valence-corrected chi connectivity index (χ1v) is 5.29. The van der Waals surface area contributed by atoms with Crippen molar-refractivity contribution in [3.05, 3.63) is 32.8 Å². The Morgan fingerprint density at radius 1 is 1.57 bits per heavy atom. The van der Waals surface area contributed by atoms with Gasteiger partial charge < -0.3 is 5.11 Å². The van der Waals surface area contributed by atoms with Gasteiger partial charge in [-0.25, -0.2) is 0 Å². The van der Waals surface area contributed by atoms with Gasteiger partial charge in [-0.3, -0.25) is 4.79 Å². The van der Waals surface area contributed by atoms with Crippen molar-refractivity contribution in [1.82, 2.24) is 0 Å². The molecule has 0 aromatic heterocycles. The van der Waals surface area contributed by atoms with Crippen LogP contribution in [0.5, 0.6) is 0 Å². The maximum Gasteiger partial charge on any atom is 0.310 e. The topological polar surface area (TPSA) is 37.3 Å². The Labute approximate surface area is 96.0 Å². The first kappa shape index (κ1) is 11.5. The molecule has 1 unspecified atom stereocenters. The summed E-state index contributed by atoms with van der Waals surface area (Å²) in [7, 11) is 0. The minimum Gasteiger partial charge on any atom is -0.481 e. The van der Waals surface area contributed by atoms with Crippen LogP contribution < -0.4 is 0 Å². The average Bonchev–Trinajstić information content (AvgIpc) is 2.10. The Bertz CT molecular complexity index is 377. The maximum absolute atomic E-state index is 10.8. The van der Waals surface area contributed by atoms with Crippen molar-refractivity contribution in [1.29, 1.82) is 0 Å². The summed E-state index contributed by atoms with van der Waals surface area (Å²) < 4.78 is 0.730. The van der Waals surface area contributed by atoms with Gasteiger partial charge in [0.25, 0.3) is 0 Å². The highest BCUT2D eigenvalue weighted by Gasteiger charge is 2.17. The van der Waals surface area contributed by atoms with E-state index in [1.807, 2.05) is 6.92 Å². The van der Waals surface area contributed by atoms with E-state index in [0.29, 0.717) is 5.02 Å². The zero-order valence-corrected chi connectivity index (χ0v) is 10.2. The Balaban J connectivity index is 3.22. The van der Waals surface area contributed by atoms with Gasteiger partial charge in [0.1, 0.15) is 0 Å². The van der Waals surface area contributed by atoms with E-state index >= 15 is 0 Å². The fourth-order valence-electron chi connectivity index (χ4n) is 1.26. The molecule has 76 valence electrons. The third kappa shape index (κ3) is 2.28. The molecular weight excluding hydrogens is 267 g/mol. The highest BCUT2D eigenvalue weighted by molar-refractivity contribution is 9.10. The number of carbonyl (C=O) groups is 1. The van der Waals surface area contributed by atoms with E-state index in [-0.39, 0.29) is 0 Å². The van der Waals surface area contributed by atoms with Crippen LogP contribution >= 0.6 is 27.5 Å². The van der Waals surface area contributed by atoms with Gasteiger partial charge in [-0.05, 0) is 53.0 Å². The molecule has 14 heavy (non-hydrogen) atoms. The van der Waals surface area contributed by atoms with Crippen molar-refractivity contribution >= 4 is 33.5 Å². The lowest BCUT2D eigenvalue weighted by molar-refractivity contribution is -0.138. The number of carboxylic acid groups (broad SMARTS) is 1. The predicted molar refractivity (Wildman–Crippen MR) is 59.9 cm³/mol. The number of hydrogen-bond acceptors (Lipinski definition) is 1. The lowest BCUT2D eigenvalue weighted by Crippen LogP contribution is -2.08. The van der Waals surface area contributed by atoms with Crippen molar-refractivity contribution in [3.63, 3.8) is 0 Å². The molecule has 0 saturated carbocycles. The number of hydrogen-bond donors (Lipinski definition) is 1. The summed E-state index contributed by atoms with van der Waals surface area (Å²) in [6.07, 6.45) is 0. The third-order valence-corrected chi connectivity index (χ3v) is 3.34. The van der Waals surface area contributed by atoms with Gasteiger partial charge in [0.2, 0.25) is 0 Å². The predicted octanol–water partition coefficient (Wildman–Crippen LogP) is 3.60. The minimum absolute atomic E-state index is 0.511. The highest BCUT2D eigenvalue weighted by atomic mass is 79.9. The Morgan fingerprint density at radius 2 is 2.14 bits per heavy atom. The SMILES string of the molecule is Cc1cc(Cl)c(Br)cc1C(C)C(=O)O. The molecule has 0 aliphatic rings. The molecule has 1 N–H and O–H groups in total. The smallest absolute Gasteiger partial charge is 0.310 e.